The number of methoxy groups -OCH3 is 2. The molecule has 2 fully saturated rings. The van der Waals surface area contributed by atoms with Gasteiger partial charge in [0.05, 0.1) is 45.8 Å². The molecule has 2 saturated heterocycles. The van der Waals surface area contributed by atoms with Gasteiger partial charge in [-0.1, -0.05) is 0 Å². The molecule has 0 saturated carbocycles. The molecule has 0 spiro atoms. The lowest BCUT2D eigenvalue weighted by Crippen LogP contribution is -2.44. The van der Waals surface area contributed by atoms with Gasteiger partial charge >= 0.3 is 0 Å². The topological polar surface area (TPSA) is 134 Å². The third-order valence-corrected chi connectivity index (χ3v) is 7.28. The van der Waals surface area contributed by atoms with Crippen molar-refractivity contribution in [2.24, 2.45) is 0 Å². The smallest absolute Gasteiger partial charge is 0.244 e. The molecule has 2 aromatic heterocycles. The Balaban J connectivity index is 1.29. The van der Waals surface area contributed by atoms with Gasteiger partial charge in [-0.2, -0.15) is 0 Å². The van der Waals surface area contributed by atoms with Gasteiger partial charge in [0.2, 0.25) is 16.0 Å². The third-order valence-electron chi connectivity index (χ3n) is 5.76. The molecule has 1 aromatic carbocycles. The predicted molar refractivity (Wildman–Crippen MR) is 120 cm³/mol. The Hall–Kier alpha value is -3.19. The summed E-state index contributed by atoms with van der Waals surface area (Å²) < 4.78 is 56.6. The Kier molecular flexibility index (Phi) is 6.13. The maximum Gasteiger partial charge on any atom is 0.244 e. The maximum absolute atomic E-state index is 13.1. The highest BCUT2D eigenvalue weighted by molar-refractivity contribution is 7.89. The molecule has 3 aromatic rings. The molecule has 0 aliphatic carbocycles. The van der Waals surface area contributed by atoms with Crippen LogP contribution in [0.25, 0.3) is 11.5 Å². The Labute approximate surface area is 196 Å². The molecule has 4 atom stereocenters. The minimum absolute atomic E-state index is 0.0198. The fourth-order valence-corrected chi connectivity index (χ4v) is 5.55. The van der Waals surface area contributed by atoms with Crippen molar-refractivity contribution in [2.75, 3.05) is 32.8 Å². The first kappa shape index (κ1) is 22.6. The lowest BCUT2D eigenvalue weighted by Gasteiger charge is -2.19. The van der Waals surface area contributed by atoms with Gasteiger partial charge in [-0.25, -0.2) is 23.1 Å². The molecule has 2 aliphatic heterocycles. The van der Waals surface area contributed by atoms with Crippen LogP contribution in [0, 0.1) is 0 Å². The molecular weight excluding hydrogens is 464 g/mol. The summed E-state index contributed by atoms with van der Waals surface area (Å²) in [6.07, 6.45) is 2.36. The van der Waals surface area contributed by atoms with Crippen LogP contribution in [0.4, 0.5) is 5.95 Å². The van der Waals surface area contributed by atoms with Crippen molar-refractivity contribution in [3.63, 3.8) is 0 Å². The molecule has 4 heterocycles. The molecule has 0 unspecified atom stereocenters. The SMILES string of the molecule is COc1ccc(OC)c(S(=O)(=O)N[C@@H]2CO[C@@H]3[C@@H]2OC[C@@H]3Nc2nccc(-c3ccco3)n2)c1. The van der Waals surface area contributed by atoms with Gasteiger partial charge in [-0.05, 0) is 30.3 Å². The number of rotatable bonds is 8. The van der Waals surface area contributed by atoms with E-state index in [0.29, 0.717) is 29.8 Å². The number of hydrogen-bond acceptors (Lipinski definition) is 10. The van der Waals surface area contributed by atoms with E-state index < -0.39 is 22.2 Å². The third kappa shape index (κ3) is 4.32. The Bertz CT molecular complexity index is 1250. The van der Waals surface area contributed by atoms with E-state index in [1.165, 1.54) is 20.3 Å². The number of hydrogen-bond donors (Lipinski definition) is 2. The van der Waals surface area contributed by atoms with Crippen LogP contribution in [0.1, 0.15) is 0 Å². The second-order valence-electron chi connectivity index (χ2n) is 7.83. The molecule has 2 N–H and O–H groups in total. The van der Waals surface area contributed by atoms with Crippen LogP contribution in [0.3, 0.4) is 0 Å². The molecule has 0 radical (unpaired) electrons. The van der Waals surface area contributed by atoms with Crippen LogP contribution in [0.2, 0.25) is 0 Å². The van der Waals surface area contributed by atoms with Crippen molar-refractivity contribution < 1.29 is 31.8 Å². The van der Waals surface area contributed by atoms with Crippen molar-refractivity contribution in [3.8, 4) is 23.0 Å². The normalized spacial score (nSPS) is 24.1. The van der Waals surface area contributed by atoms with Crippen LogP contribution in [0.15, 0.2) is 58.2 Å². The van der Waals surface area contributed by atoms with Crippen molar-refractivity contribution in [3.05, 3.63) is 48.9 Å². The number of furan rings is 1. The van der Waals surface area contributed by atoms with Crippen LogP contribution in [-0.2, 0) is 19.5 Å². The van der Waals surface area contributed by atoms with Crippen LogP contribution < -0.4 is 19.5 Å². The van der Waals surface area contributed by atoms with Crippen molar-refractivity contribution in [1.82, 2.24) is 14.7 Å². The van der Waals surface area contributed by atoms with Crippen LogP contribution in [0.5, 0.6) is 11.5 Å². The molecular formula is C22H24N4O7S. The summed E-state index contributed by atoms with van der Waals surface area (Å²) in [7, 11) is -1.06. The molecule has 0 amide bonds. The average Bonchev–Trinajstić information content (AvgIpc) is 3.59. The largest absolute Gasteiger partial charge is 0.497 e. The van der Waals surface area contributed by atoms with E-state index in [1.54, 1.807) is 36.7 Å². The number of fused-ring (bicyclic) bond motifs is 1. The van der Waals surface area contributed by atoms with Crippen LogP contribution >= 0.6 is 0 Å². The Morgan fingerprint density at radius 1 is 1.03 bits per heavy atom. The highest BCUT2D eigenvalue weighted by Gasteiger charge is 2.49. The summed E-state index contributed by atoms with van der Waals surface area (Å²) in [6.45, 7) is 0.469. The predicted octanol–water partition coefficient (Wildman–Crippen LogP) is 1.68. The molecule has 11 nitrogen and oxygen atoms in total. The second kappa shape index (κ2) is 9.22. The standard InChI is InChI=1S/C22H24N4O7S/c1-29-13-5-6-18(30-2)19(10-13)34(27,28)26-16-12-33-20-15(11-32-21(16)20)25-22-23-8-7-14(24-22)17-4-3-9-31-17/h3-10,15-16,20-21,26H,11-12H2,1-2H3,(H,23,24,25)/t15-,16+,20-,21+/m0/s1. The zero-order valence-electron chi connectivity index (χ0n) is 18.5. The van der Waals surface area contributed by atoms with E-state index in [1.807, 2.05) is 6.07 Å². The van der Waals surface area contributed by atoms with E-state index in [0.717, 1.165) is 0 Å². The van der Waals surface area contributed by atoms with Gasteiger partial charge in [-0.3, -0.25) is 0 Å². The summed E-state index contributed by atoms with van der Waals surface area (Å²) in [4.78, 5) is 8.73. The molecule has 34 heavy (non-hydrogen) atoms. The Morgan fingerprint density at radius 2 is 1.82 bits per heavy atom. The number of sulfonamides is 1. The van der Waals surface area contributed by atoms with Gasteiger partial charge in [-0.15, -0.1) is 0 Å². The first-order valence-electron chi connectivity index (χ1n) is 10.6. The van der Waals surface area contributed by atoms with E-state index >= 15 is 0 Å². The highest BCUT2D eigenvalue weighted by Crippen LogP contribution is 2.32. The fraction of sp³-hybridized carbons (Fsp3) is 0.364. The lowest BCUT2D eigenvalue weighted by molar-refractivity contribution is 0.0690. The van der Waals surface area contributed by atoms with Gasteiger partial charge in [0.25, 0.3) is 0 Å². The monoisotopic (exact) mass is 488 g/mol. The van der Waals surface area contributed by atoms with Gasteiger partial charge in [0.1, 0.15) is 34.3 Å². The quantitative estimate of drug-likeness (QED) is 0.482. The highest BCUT2D eigenvalue weighted by atomic mass is 32.2. The summed E-state index contributed by atoms with van der Waals surface area (Å²) in [5.41, 5.74) is 0.642. The summed E-state index contributed by atoms with van der Waals surface area (Å²) >= 11 is 0. The zero-order valence-corrected chi connectivity index (χ0v) is 19.3. The number of nitrogens with zero attached hydrogens (tertiary/aromatic N) is 2. The zero-order chi connectivity index (χ0) is 23.7. The number of aromatic nitrogens is 2. The van der Waals surface area contributed by atoms with Crippen molar-refractivity contribution in [1.29, 1.82) is 0 Å². The summed E-state index contributed by atoms with van der Waals surface area (Å²) in [5.74, 6) is 1.64. The number of nitrogens with one attached hydrogen (secondary N) is 2. The van der Waals surface area contributed by atoms with Gasteiger partial charge in [0.15, 0.2) is 5.76 Å². The number of anilines is 1. The minimum atomic E-state index is -3.94. The van der Waals surface area contributed by atoms with E-state index in [9.17, 15) is 8.42 Å². The fourth-order valence-electron chi connectivity index (χ4n) is 4.14. The minimum Gasteiger partial charge on any atom is -0.497 e. The van der Waals surface area contributed by atoms with E-state index in [-0.39, 0.29) is 29.4 Å². The summed E-state index contributed by atoms with van der Waals surface area (Å²) in [5, 5.41) is 3.24. The van der Waals surface area contributed by atoms with Crippen molar-refractivity contribution in [2.45, 2.75) is 29.2 Å². The van der Waals surface area contributed by atoms with Crippen molar-refractivity contribution >= 4 is 16.0 Å². The second-order valence-corrected chi connectivity index (χ2v) is 9.52. The lowest BCUT2D eigenvalue weighted by atomic mass is 10.1. The molecule has 12 heteroatoms. The van der Waals surface area contributed by atoms with E-state index in [4.69, 9.17) is 23.4 Å². The van der Waals surface area contributed by atoms with Gasteiger partial charge < -0.3 is 28.7 Å². The maximum atomic E-state index is 13.1. The number of benzene rings is 1. The Morgan fingerprint density at radius 3 is 2.56 bits per heavy atom. The first-order chi connectivity index (χ1) is 16.5. The molecule has 5 rings (SSSR count). The average molecular weight is 489 g/mol. The number of ether oxygens (including phenoxy) is 4. The molecule has 180 valence electrons. The van der Waals surface area contributed by atoms with E-state index in [2.05, 4.69) is 20.0 Å². The van der Waals surface area contributed by atoms with Crippen LogP contribution in [-0.4, -0.2) is 70.1 Å². The summed E-state index contributed by atoms with van der Waals surface area (Å²) in [6, 6.07) is 9.12. The molecule has 2 aliphatic rings. The first-order valence-corrected chi connectivity index (χ1v) is 12.1. The van der Waals surface area contributed by atoms with Gasteiger partial charge in [0, 0.05) is 12.3 Å². The molecule has 0 bridgehead atoms.